The van der Waals surface area contributed by atoms with Crippen LogP contribution in [-0.4, -0.2) is 75.3 Å². The molecular formula is C21H25N7O4S. The molecule has 3 aromatic rings. The second kappa shape index (κ2) is 9.57. The van der Waals surface area contributed by atoms with E-state index in [4.69, 9.17) is 4.74 Å². The van der Waals surface area contributed by atoms with Gasteiger partial charge < -0.3 is 20.1 Å². The van der Waals surface area contributed by atoms with Crippen molar-refractivity contribution in [3.05, 3.63) is 48.9 Å². The molecule has 0 bridgehead atoms. The van der Waals surface area contributed by atoms with E-state index in [1.807, 2.05) is 13.0 Å². The standard InChI is InChI=1S/C21H25N7O4S/c1-3-13-32-21-25-18(15-5-4-6-16(29)14-15)19(26-21)17-7-8-22-20(24-17)23-9-10-28-12-11-27(2)33(28,30)31/h3-8,13-14,29H,9-12H2,1-2H3,(H,25,26)(H,22,23,24)/b13-3-. The number of allylic oxidation sites excluding steroid dienone is 1. The first-order valence-corrected chi connectivity index (χ1v) is 11.7. The Hall–Kier alpha value is -3.48. The lowest BCUT2D eigenvalue weighted by Crippen LogP contribution is -2.34. The van der Waals surface area contributed by atoms with E-state index in [0.29, 0.717) is 54.8 Å². The van der Waals surface area contributed by atoms with Gasteiger partial charge in [0.1, 0.15) is 11.4 Å². The molecule has 0 unspecified atom stereocenters. The molecule has 11 nitrogen and oxygen atoms in total. The lowest BCUT2D eigenvalue weighted by atomic mass is 10.1. The summed E-state index contributed by atoms with van der Waals surface area (Å²) < 4.78 is 32.6. The van der Waals surface area contributed by atoms with Crippen LogP contribution in [0.15, 0.2) is 48.9 Å². The molecule has 0 amide bonds. The lowest BCUT2D eigenvalue weighted by molar-refractivity contribution is 0.445. The third-order valence-electron chi connectivity index (χ3n) is 5.06. The number of nitrogens with one attached hydrogen (secondary N) is 2. The van der Waals surface area contributed by atoms with Crippen LogP contribution in [0.2, 0.25) is 0 Å². The highest BCUT2D eigenvalue weighted by Gasteiger charge is 2.33. The molecule has 0 radical (unpaired) electrons. The van der Waals surface area contributed by atoms with Crippen molar-refractivity contribution in [1.29, 1.82) is 0 Å². The van der Waals surface area contributed by atoms with Crippen LogP contribution < -0.4 is 10.1 Å². The molecule has 0 aliphatic carbocycles. The third-order valence-corrected chi connectivity index (χ3v) is 7.05. The van der Waals surface area contributed by atoms with E-state index in [-0.39, 0.29) is 11.8 Å². The molecule has 33 heavy (non-hydrogen) atoms. The minimum Gasteiger partial charge on any atom is -0.508 e. The summed E-state index contributed by atoms with van der Waals surface area (Å²) in [5, 5.41) is 13.0. The zero-order chi connectivity index (χ0) is 23.4. The van der Waals surface area contributed by atoms with Crippen LogP contribution in [-0.2, 0) is 10.2 Å². The van der Waals surface area contributed by atoms with Crippen LogP contribution >= 0.6 is 0 Å². The number of ether oxygens (including phenoxy) is 1. The van der Waals surface area contributed by atoms with Crippen LogP contribution in [0.4, 0.5) is 5.95 Å². The van der Waals surface area contributed by atoms with Crippen molar-refractivity contribution in [3.63, 3.8) is 0 Å². The predicted molar refractivity (Wildman–Crippen MR) is 124 cm³/mol. The Morgan fingerprint density at radius 1 is 1.27 bits per heavy atom. The molecule has 1 aliphatic rings. The molecule has 174 valence electrons. The highest BCUT2D eigenvalue weighted by Crippen LogP contribution is 2.33. The highest BCUT2D eigenvalue weighted by atomic mass is 32.2. The fourth-order valence-corrected chi connectivity index (χ4v) is 4.71. The molecule has 1 fully saturated rings. The normalized spacial score (nSPS) is 16.4. The first-order chi connectivity index (χ1) is 15.9. The van der Waals surface area contributed by atoms with Gasteiger partial charge in [0, 0.05) is 45.0 Å². The molecule has 12 heteroatoms. The fourth-order valence-electron chi connectivity index (χ4n) is 3.37. The summed E-state index contributed by atoms with van der Waals surface area (Å²) in [6, 6.07) is 8.74. The zero-order valence-corrected chi connectivity index (χ0v) is 19.1. The second-order valence-corrected chi connectivity index (χ2v) is 9.36. The predicted octanol–water partition coefficient (Wildman–Crippen LogP) is 2.06. The number of hydrogen-bond donors (Lipinski definition) is 3. The monoisotopic (exact) mass is 471 g/mol. The van der Waals surface area contributed by atoms with E-state index < -0.39 is 10.2 Å². The first kappa shape index (κ1) is 22.7. The van der Waals surface area contributed by atoms with Crippen molar-refractivity contribution >= 4 is 16.2 Å². The number of likely N-dealkylation sites (N-methyl/N-ethyl adjacent to an activating group) is 1. The summed E-state index contributed by atoms with van der Waals surface area (Å²) in [6.45, 7) is 3.42. The summed E-state index contributed by atoms with van der Waals surface area (Å²) >= 11 is 0. The largest absolute Gasteiger partial charge is 0.508 e. The number of imidazole rings is 1. The smallest absolute Gasteiger partial charge is 0.299 e. The number of aromatic nitrogens is 4. The molecule has 1 saturated heterocycles. The maximum atomic E-state index is 12.2. The van der Waals surface area contributed by atoms with Gasteiger partial charge in [-0.3, -0.25) is 0 Å². The van der Waals surface area contributed by atoms with Crippen molar-refractivity contribution in [1.82, 2.24) is 28.5 Å². The maximum Gasteiger partial charge on any atom is 0.299 e. The molecule has 0 atom stereocenters. The molecule has 1 aliphatic heterocycles. The molecule has 3 N–H and O–H groups in total. The van der Waals surface area contributed by atoms with Crippen molar-refractivity contribution in [2.75, 3.05) is 38.5 Å². The molecule has 1 aromatic carbocycles. The minimum absolute atomic E-state index is 0.116. The fraction of sp³-hybridized carbons (Fsp3) is 0.286. The SMILES string of the molecule is C/C=C\Oc1nc(-c2cccc(O)c2)c(-c2ccnc(NCCN3CCN(C)S3(=O)=O)n2)[nH]1. The van der Waals surface area contributed by atoms with Crippen LogP contribution in [0.5, 0.6) is 11.8 Å². The van der Waals surface area contributed by atoms with Gasteiger partial charge in [-0.2, -0.15) is 22.0 Å². The number of phenols is 1. The Balaban J connectivity index is 1.56. The highest BCUT2D eigenvalue weighted by molar-refractivity contribution is 7.87. The third kappa shape index (κ3) is 4.97. The summed E-state index contributed by atoms with van der Waals surface area (Å²) in [5.74, 6) is 0.467. The van der Waals surface area contributed by atoms with Gasteiger partial charge in [-0.15, -0.1) is 0 Å². The molecular weight excluding hydrogens is 446 g/mol. The number of rotatable bonds is 8. The number of H-pyrrole nitrogens is 1. The number of phenolic OH excluding ortho intramolecular Hbond substituents is 1. The average Bonchev–Trinajstić information content (AvgIpc) is 3.34. The van der Waals surface area contributed by atoms with Gasteiger partial charge in [0.2, 0.25) is 5.95 Å². The Kier molecular flexibility index (Phi) is 6.58. The van der Waals surface area contributed by atoms with E-state index in [0.717, 1.165) is 0 Å². The maximum absolute atomic E-state index is 12.2. The summed E-state index contributed by atoms with van der Waals surface area (Å²) in [5.41, 5.74) is 2.39. The van der Waals surface area contributed by atoms with E-state index in [1.54, 1.807) is 43.6 Å². The first-order valence-electron chi connectivity index (χ1n) is 10.3. The topological polar surface area (TPSA) is 137 Å². The van der Waals surface area contributed by atoms with Crippen molar-refractivity contribution < 1.29 is 18.3 Å². The number of benzene rings is 1. The van der Waals surface area contributed by atoms with E-state index >= 15 is 0 Å². The van der Waals surface area contributed by atoms with Gasteiger partial charge >= 0.3 is 0 Å². The van der Waals surface area contributed by atoms with Gasteiger partial charge in [0.05, 0.1) is 17.6 Å². The molecule has 3 heterocycles. The van der Waals surface area contributed by atoms with Crippen molar-refractivity contribution in [2.45, 2.75) is 6.92 Å². The van der Waals surface area contributed by atoms with Gasteiger partial charge in [-0.05, 0) is 25.1 Å². The van der Waals surface area contributed by atoms with Gasteiger partial charge in [0.15, 0.2) is 0 Å². The summed E-state index contributed by atoms with van der Waals surface area (Å²) in [4.78, 5) is 16.4. The average molecular weight is 472 g/mol. The number of anilines is 1. The Morgan fingerprint density at radius 2 is 2.12 bits per heavy atom. The quantitative estimate of drug-likeness (QED) is 0.425. The summed E-state index contributed by atoms with van der Waals surface area (Å²) in [6.07, 6.45) is 4.84. The van der Waals surface area contributed by atoms with Crippen molar-refractivity contribution in [2.24, 2.45) is 0 Å². The van der Waals surface area contributed by atoms with Crippen LogP contribution in [0, 0.1) is 0 Å². The Labute approximate surface area is 192 Å². The van der Waals surface area contributed by atoms with Gasteiger partial charge in [-0.1, -0.05) is 18.2 Å². The number of nitrogens with zero attached hydrogens (tertiary/aromatic N) is 5. The second-order valence-electron chi connectivity index (χ2n) is 7.32. The van der Waals surface area contributed by atoms with Crippen LogP contribution in [0.1, 0.15) is 6.92 Å². The van der Waals surface area contributed by atoms with E-state index in [9.17, 15) is 13.5 Å². The number of hydrogen-bond acceptors (Lipinski definition) is 8. The molecule has 2 aromatic heterocycles. The molecule has 0 spiro atoms. The van der Waals surface area contributed by atoms with E-state index in [2.05, 4.69) is 25.3 Å². The minimum atomic E-state index is -3.38. The van der Waals surface area contributed by atoms with Gasteiger partial charge in [0.25, 0.3) is 16.2 Å². The number of aromatic amines is 1. The van der Waals surface area contributed by atoms with Gasteiger partial charge in [-0.25, -0.2) is 9.97 Å². The van der Waals surface area contributed by atoms with Crippen LogP contribution in [0.25, 0.3) is 22.6 Å². The summed E-state index contributed by atoms with van der Waals surface area (Å²) in [7, 11) is -1.82. The Bertz CT molecular complexity index is 1260. The molecule has 0 saturated carbocycles. The van der Waals surface area contributed by atoms with Crippen molar-refractivity contribution in [3.8, 4) is 34.4 Å². The lowest BCUT2D eigenvalue weighted by Gasteiger charge is -2.16. The van der Waals surface area contributed by atoms with Crippen LogP contribution in [0.3, 0.4) is 0 Å². The molecule has 4 rings (SSSR count). The Morgan fingerprint density at radius 3 is 2.85 bits per heavy atom. The van der Waals surface area contributed by atoms with E-state index in [1.165, 1.54) is 14.9 Å². The zero-order valence-electron chi connectivity index (χ0n) is 18.3. The number of aromatic hydroxyl groups is 1.